The zero-order valence-electron chi connectivity index (χ0n) is 13.6. The number of nitrogens with zero attached hydrogens (tertiary/aromatic N) is 2. The minimum absolute atomic E-state index is 0.0917. The third-order valence-electron chi connectivity index (χ3n) is 3.49. The molecule has 1 aromatic heterocycles. The second-order valence-corrected chi connectivity index (χ2v) is 7.99. The van der Waals surface area contributed by atoms with E-state index in [2.05, 4.69) is 22.0 Å². The van der Waals surface area contributed by atoms with Crippen molar-refractivity contribution in [1.29, 1.82) is 0 Å². The summed E-state index contributed by atoms with van der Waals surface area (Å²) in [4.78, 5) is 17.4. The number of methoxy groups -OCH3 is 1. The predicted molar refractivity (Wildman–Crippen MR) is 97.8 cm³/mol. The number of hydrogen-bond donors (Lipinski definition) is 0. The van der Waals surface area contributed by atoms with Gasteiger partial charge in [0.25, 0.3) is 0 Å². The van der Waals surface area contributed by atoms with Gasteiger partial charge in [-0.2, -0.15) is 0 Å². The van der Waals surface area contributed by atoms with Crippen LogP contribution in [0.2, 0.25) is 0 Å². The SMILES string of the molecule is COc1ccccc1CN(C)C(=O)CN(C)Cc1ccc(Br)s1. The first-order chi connectivity index (χ1) is 11.0. The second-order valence-electron chi connectivity index (χ2n) is 5.44. The molecule has 1 aromatic carbocycles. The lowest BCUT2D eigenvalue weighted by Gasteiger charge is -2.22. The summed E-state index contributed by atoms with van der Waals surface area (Å²) < 4.78 is 6.45. The van der Waals surface area contributed by atoms with Gasteiger partial charge in [0.2, 0.25) is 5.91 Å². The smallest absolute Gasteiger partial charge is 0.236 e. The Kier molecular flexibility index (Phi) is 6.62. The summed E-state index contributed by atoms with van der Waals surface area (Å²) in [6.07, 6.45) is 0. The summed E-state index contributed by atoms with van der Waals surface area (Å²) in [6, 6.07) is 11.9. The topological polar surface area (TPSA) is 32.8 Å². The fourth-order valence-corrected chi connectivity index (χ4v) is 3.85. The van der Waals surface area contributed by atoms with Crippen LogP contribution < -0.4 is 4.74 Å². The average Bonchev–Trinajstić information content (AvgIpc) is 2.92. The van der Waals surface area contributed by atoms with Crippen molar-refractivity contribution in [3.63, 3.8) is 0 Å². The van der Waals surface area contributed by atoms with Crippen LogP contribution in [0.15, 0.2) is 40.2 Å². The van der Waals surface area contributed by atoms with Gasteiger partial charge in [-0.25, -0.2) is 0 Å². The van der Waals surface area contributed by atoms with Crippen LogP contribution in [-0.4, -0.2) is 43.5 Å². The van der Waals surface area contributed by atoms with Gasteiger partial charge in [0, 0.05) is 30.6 Å². The van der Waals surface area contributed by atoms with Crippen LogP contribution in [0.4, 0.5) is 0 Å². The summed E-state index contributed by atoms with van der Waals surface area (Å²) in [5, 5.41) is 0. The molecular formula is C17H21BrN2O2S. The standard InChI is InChI=1S/C17H21BrN2O2S/c1-19(11-14-8-9-16(18)23-14)12-17(21)20(2)10-13-6-4-5-7-15(13)22-3/h4-9H,10-12H2,1-3H3. The van der Waals surface area contributed by atoms with Gasteiger partial charge in [0.05, 0.1) is 17.4 Å². The monoisotopic (exact) mass is 396 g/mol. The number of para-hydroxylation sites is 1. The molecule has 0 bridgehead atoms. The lowest BCUT2D eigenvalue weighted by Crippen LogP contribution is -2.36. The zero-order valence-corrected chi connectivity index (χ0v) is 16.0. The minimum Gasteiger partial charge on any atom is -0.496 e. The largest absolute Gasteiger partial charge is 0.496 e. The summed E-state index contributed by atoms with van der Waals surface area (Å²) >= 11 is 5.15. The molecule has 0 spiro atoms. The molecule has 2 aromatic rings. The van der Waals surface area contributed by atoms with Crippen molar-refractivity contribution in [3.05, 3.63) is 50.6 Å². The van der Waals surface area contributed by atoms with Gasteiger partial charge in [-0.05, 0) is 41.2 Å². The van der Waals surface area contributed by atoms with E-state index >= 15 is 0 Å². The van der Waals surface area contributed by atoms with Crippen molar-refractivity contribution >= 4 is 33.2 Å². The average molecular weight is 397 g/mol. The molecule has 2 rings (SSSR count). The molecule has 0 N–H and O–H groups in total. The third-order valence-corrected chi connectivity index (χ3v) is 5.09. The Hall–Kier alpha value is -1.37. The number of thiophene rings is 1. The molecule has 0 radical (unpaired) electrons. The second kappa shape index (κ2) is 8.47. The van der Waals surface area contributed by atoms with Crippen LogP contribution in [0.5, 0.6) is 5.75 Å². The number of amides is 1. The van der Waals surface area contributed by atoms with E-state index in [4.69, 9.17) is 4.74 Å². The van der Waals surface area contributed by atoms with E-state index in [0.29, 0.717) is 13.1 Å². The highest BCUT2D eigenvalue weighted by Gasteiger charge is 2.14. The first kappa shape index (κ1) is 18.0. The van der Waals surface area contributed by atoms with Crippen LogP contribution in [0, 0.1) is 0 Å². The highest BCUT2D eigenvalue weighted by molar-refractivity contribution is 9.11. The Morgan fingerprint density at radius 1 is 1.17 bits per heavy atom. The number of likely N-dealkylation sites (N-methyl/N-ethyl adjacent to an activating group) is 2. The molecule has 6 heteroatoms. The van der Waals surface area contributed by atoms with Crippen molar-refractivity contribution in [1.82, 2.24) is 9.80 Å². The molecule has 0 aliphatic rings. The molecule has 23 heavy (non-hydrogen) atoms. The summed E-state index contributed by atoms with van der Waals surface area (Å²) in [5.74, 6) is 0.901. The summed E-state index contributed by atoms with van der Waals surface area (Å²) in [7, 11) is 5.43. The van der Waals surface area contributed by atoms with E-state index in [1.165, 1.54) is 4.88 Å². The normalized spacial score (nSPS) is 10.8. The van der Waals surface area contributed by atoms with E-state index in [1.807, 2.05) is 49.3 Å². The van der Waals surface area contributed by atoms with Gasteiger partial charge in [0.1, 0.15) is 5.75 Å². The third kappa shape index (κ3) is 5.34. The Morgan fingerprint density at radius 3 is 2.57 bits per heavy atom. The number of halogens is 1. The molecule has 0 unspecified atom stereocenters. The van der Waals surface area contributed by atoms with Gasteiger partial charge in [0.15, 0.2) is 0 Å². The molecule has 0 saturated heterocycles. The number of ether oxygens (including phenoxy) is 1. The number of carbonyl (C=O) groups is 1. The fourth-order valence-electron chi connectivity index (χ4n) is 2.29. The first-order valence-corrected chi connectivity index (χ1v) is 8.89. The molecule has 0 aliphatic heterocycles. The lowest BCUT2D eigenvalue weighted by molar-refractivity contribution is -0.131. The quantitative estimate of drug-likeness (QED) is 0.716. The van der Waals surface area contributed by atoms with Crippen LogP contribution in [0.1, 0.15) is 10.4 Å². The highest BCUT2D eigenvalue weighted by atomic mass is 79.9. The molecule has 4 nitrogen and oxygen atoms in total. The fraction of sp³-hybridized carbons (Fsp3) is 0.353. The van der Waals surface area contributed by atoms with Crippen molar-refractivity contribution in [2.75, 3.05) is 27.7 Å². The highest BCUT2D eigenvalue weighted by Crippen LogP contribution is 2.23. The van der Waals surface area contributed by atoms with Crippen molar-refractivity contribution in [2.24, 2.45) is 0 Å². The number of carbonyl (C=O) groups excluding carboxylic acids is 1. The number of hydrogen-bond acceptors (Lipinski definition) is 4. The van der Waals surface area contributed by atoms with Gasteiger partial charge in [-0.15, -0.1) is 11.3 Å². The van der Waals surface area contributed by atoms with E-state index in [-0.39, 0.29) is 5.91 Å². The molecule has 0 fully saturated rings. The van der Waals surface area contributed by atoms with Crippen LogP contribution in [-0.2, 0) is 17.9 Å². The maximum atomic E-state index is 12.4. The van der Waals surface area contributed by atoms with Crippen molar-refractivity contribution < 1.29 is 9.53 Å². The van der Waals surface area contributed by atoms with Crippen LogP contribution in [0.3, 0.4) is 0 Å². The maximum Gasteiger partial charge on any atom is 0.236 e. The molecule has 0 atom stereocenters. The zero-order chi connectivity index (χ0) is 16.8. The maximum absolute atomic E-state index is 12.4. The first-order valence-electron chi connectivity index (χ1n) is 7.28. The Balaban J connectivity index is 1.89. The Labute approximate surface area is 149 Å². The van der Waals surface area contributed by atoms with Crippen LogP contribution in [0.25, 0.3) is 0 Å². The summed E-state index contributed by atoms with van der Waals surface area (Å²) in [5.41, 5.74) is 1.01. The van der Waals surface area contributed by atoms with E-state index < -0.39 is 0 Å². The number of benzene rings is 1. The van der Waals surface area contributed by atoms with Gasteiger partial charge < -0.3 is 9.64 Å². The van der Waals surface area contributed by atoms with Gasteiger partial charge in [-0.3, -0.25) is 9.69 Å². The molecule has 1 amide bonds. The molecule has 124 valence electrons. The lowest BCUT2D eigenvalue weighted by atomic mass is 10.2. The Bertz CT molecular complexity index is 660. The van der Waals surface area contributed by atoms with E-state index in [0.717, 1.165) is 21.6 Å². The number of rotatable bonds is 7. The van der Waals surface area contributed by atoms with Crippen molar-refractivity contribution in [2.45, 2.75) is 13.1 Å². The minimum atomic E-state index is 0.0917. The van der Waals surface area contributed by atoms with Gasteiger partial charge in [-0.1, -0.05) is 18.2 Å². The molecule has 1 heterocycles. The summed E-state index contributed by atoms with van der Waals surface area (Å²) in [6.45, 7) is 1.70. The molecular weight excluding hydrogens is 376 g/mol. The molecule has 0 aliphatic carbocycles. The Morgan fingerprint density at radius 2 is 1.91 bits per heavy atom. The van der Waals surface area contributed by atoms with Crippen LogP contribution >= 0.6 is 27.3 Å². The van der Waals surface area contributed by atoms with E-state index in [9.17, 15) is 4.79 Å². The van der Waals surface area contributed by atoms with E-state index in [1.54, 1.807) is 23.3 Å². The van der Waals surface area contributed by atoms with Gasteiger partial charge >= 0.3 is 0 Å². The predicted octanol–water partition coefficient (Wildman–Crippen LogP) is 3.61. The molecule has 0 saturated carbocycles. The van der Waals surface area contributed by atoms with Crippen molar-refractivity contribution in [3.8, 4) is 5.75 Å².